The maximum Gasteiger partial charge on any atom is 0.273 e. The van der Waals surface area contributed by atoms with Crippen molar-refractivity contribution in [3.8, 4) is 0 Å². The Hall–Kier alpha value is -0.990. The van der Waals surface area contributed by atoms with Crippen LogP contribution in [-0.2, 0) is 16.4 Å². The van der Waals surface area contributed by atoms with Gasteiger partial charge in [0.2, 0.25) is 10.0 Å². The van der Waals surface area contributed by atoms with Crippen molar-refractivity contribution in [2.45, 2.75) is 23.1 Å². The number of nitrogens with zero attached hydrogens (tertiary/aromatic N) is 1. The molecule has 94 valence electrons. The molecule has 0 amide bonds. The Balaban J connectivity index is 3.32. The van der Waals surface area contributed by atoms with Crippen molar-refractivity contribution in [3.63, 3.8) is 0 Å². The summed E-state index contributed by atoms with van der Waals surface area (Å²) in [7, 11) is -3.92. The monoisotopic (exact) mass is 322 g/mol. The van der Waals surface area contributed by atoms with Gasteiger partial charge in [0.25, 0.3) is 5.69 Å². The number of hydrogen-bond donors (Lipinski definition) is 1. The zero-order valence-electron chi connectivity index (χ0n) is 8.96. The molecular formula is C9H11BrN2O4S. The van der Waals surface area contributed by atoms with E-state index in [0.717, 1.165) is 6.07 Å². The third-order valence-corrected chi connectivity index (χ3v) is 3.32. The smallest absolute Gasteiger partial charge is 0.258 e. The molecule has 0 radical (unpaired) electrons. The first-order valence-electron chi connectivity index (χ1n) is 4.66. The second-order valence-electron chi connectivity index (χ2n) is 3.58. The Kier molecular flexibility index (Phi) is 4.23. The molecule has 0 aliphatic heterocycles. The van der Waals surface area contributed by atoms with Crippen molar-refractivity contribution >= 4 is 31.6 Å². The molecule has 1 unspecified atom stereocenters. The number of primary sulfonamides is 1. The van der Waals surface area contributed by atoms with Crippen molar-refractivity contribution < 1.29 is 13.3 Å². The lowest BCUT2D eigenvalue weighted by molar-refractivity contribution is -0.385. The van der Waals surface area contributed by atoms with E-state index in [2.05, 4.69) is 15.9 Å². The molecule has 0 saturated heterocycles. The fourth-order valence-corrected chi connectivity index (χ4v) is 2.25. The highest BCUT2D eigenvalue weighted by Gasteiger charge is 2.19. The number of halogens is 1. The van der Waals surface area contributed by atoms with Crippen molar-refractivity contribution in [1.29, 1.82) is 0 Å². The number of benzene rings is 1. The Morgan fingerprint density at radius 3 is 2.53 bits per heavy atom. The lowest BCUT2D eigenvalue weighted by Crippen LogP contribution is -2.13. The molecule has 0 saturated carbocycles. The first kappa shape index (κ1) is 14.1. The molecular weight excluding hydrogens is 312 g/mol. The standard InChI is InChI=1S/C9H11BrN2O4S/c1-6(10)4-7-2-3-8(17(11,15)16)5-9(7)12(13)14/h2-3,5-6H,4H2,1H3,(H2,11,15,16). The van der Waals surface area contributed by atoms with Crippen LogP contribution < -0.4 is 5.14 Å². The lowest BCUT2D eigenvalue weighted by Gasteiger charge is -2.06. The fourth-order valence-electron chi connectivity index (χ4n) is 1.37. The summed E-state index contributed by atoms with van der Waals surface area (Å²) in [6.07, 6.45) is 0.432. The van der Waals surface area contributed by atoms with Gasteiger partial charge in [0.1, 0.15) is 0 Å². The van der Waals surface area contributed by atoms with Crippen LogP contribution in [0.15, 0.2) is 23.1 Å². The molecule has 1 rings (SSSR count). The van der Waals surface area contributed by atoms with Crippen LogP contribution >= 0.6 is 15.9 Å². The predicted molar refractivity (Wildman–Crippen MR) is 66.6 cm³/mol. The third kappa shape index (κ3) is 3.76. The maximum atomic E-state index is 11.1. The van der Waals surface area contributed by atoms with E-state index in [1.165, 1.54) is 12.1 Å². The molecule has 0 fully saturated rings. The van der Waals surface area contributed by atoms with Gasteiger partial charge in [-0.05, 0) is 12.5 Å². The van der Waals surface area contributed by atoms with E-state index in [1.807, 2.05) is 6.92 Å². The van der Waals surface area contributed by atoms with Gasteiger partial charge in [0.05, 0.1) is 9.82 Å². The molecule has 0 aromatic heterocycles. The number of nitrogens with two attached hydrogens (primary N) is 1. The van der Waals surface area contributed by atoms with Gasteiger partial charge in [-0.25, -0.2) is 13.6 Å². The van der Waals surface area contributed by atoms with Gasteiger partial charge < -0.3 is 0 Å². The first-order chi connectivity index (χ1) is 7.71. The van der Waals surface area contributed by atoms with Gasteiger partial charge in [-0.1, -0.05) is 28.9 Å². The summed E-state index contributed by atoms with van der Waals surface area (Å²) in [5.41, 5.74) is 0.231. The van der Waals surface area contributed by atoms with Crippen LogP contribution in [0.1, 0.15) is 12.5 Å². The van der Waals surface area contributed by atoms with E-state index in [9.17, 15) is 18.5 Å². The minimum atomic E-state index is -3.92. The molecule has 2 N–H and O–H groups in total. The summed E-state index contributed by atoms with van der Waals surface area (Å²) >= 11 is 3.29. The fraction of sp³-hybridized carbons (Fsp3) is 0.333. The molecule has 1 aromatic carbocycles. The summed E-state index contributed by atoms with van der Waals surface area (Å²) in [6, 6.07) is 3.67. The topological polar surface area (TPSA) is 103 Å². The molecule has 0 heterocycles. The van der Waals surface area contributed by atoms with Gasteiger partial charge in [0, 0.05) is 16.5 Å². The summed E-state index contributed by atoms with van der Waals surface area (Å²) in [5.74, 6) is 0. The summed E-state index contributed by atoms with van der Waals surface area (Å²) in [6.45, 7) is 1.84. The Labute approximate surface area is 107 Å². The van der Waals surface area contributed by atoms with Crippen molar-refractivity contribution in [1.82, 2.24) is 0 Å². The minimum absolute atomic E-state index is 0.0570. The number of hydrogen-bond acceptors (Lipinski definition) is 4. The second kappa shape index (κ2) is 5.11. The van der Waals surface area contributed by atoms with E-state index in [0.29, 0.717) is 12.0 Å². The number of nitro groups is 1. The highest BCUT2D eigenvalue weighted by Crippen LogP contribution is 2.24. The minimum Gasteiger partial charge on any atom is -0.258 e. The van der Waals surface area contributed by atoms with Crippen LogP contribution in [0.4, 0.5) is 5.69 Å². The summed E-state index contributed by atoms with van der Waals surface area (Å²) < 4.78 is 22.2. The zero-order valence-corrected chi connectivity index (χ0v) is 11.4. The maximum absolute atomic E-state index is 11.1. The number of sulfonamides is 1. The second-order valence-corrected chi connectivity index (χ2v) is 6.70. The van der Waals surface area contributed by atoms with Crippen molar-refractivity contribution in [2.75, 3.05) is 0 Å². The van der Waals surface area contributed by atoms with Crippen molar-refractivity contribution in [2.24, 2.45) is 5.14 Å². The van der Waals surface area contributed by atoms with Gasteiger partial charge in [-0.15, -0.1) is 0 Å². The number of nitro benzene ring substituents is 1. The first-order valence-corrected chi connectivity index (χ1v) is 7.12. The van der Waals surface area contributed by atoms with Crippen LogP contribution in [0.25, 0.3) is 0 Å². The average molecular weight is 323 g/mol. The van der Waals surface area contributed by atoms with E-state index >= 15 is 0 Å². The molecule has 0 bridgehead atoms. The quantitative estimate of drug-likeness (QED) is 0.516. The van der Waals surface area contributed by atoms with Gasteiger partial charge in [0.15, 0.2) is 0 Å². The normalized spacial score (nSPS) is 13.4. The van der Waals surface area contributed by atoms with E-state index in [4.69, 9.17) is 5.14 Å². The van der Waals surface area contributed by atoms with Crippen LogP contribution in [0.2, 0.25) is 0 Å². The zero-order chi connectivity index (χ0) is 13.2. The van der Waals surface area contributed by atoms with Gasteiger partial charge in [-0.3, -0.25) is 10.1 Å². The van der Waals surface area contributed by atoms with E-state index in [-0.39, 0.29) is 15.4 Å². The van der Waals surface area contributed by atoms with Crippen molar-refractivity contribution in [3.05, 3.63) is 33.9 Å². The molecule has 0 spiro atoms. The molecule has 1 aromatic rings. The molecule has 0 aliphatic rings. The van der Waals surface area contributed by atoms with E-state index < -0.39 is 14.9 Å². The number of alkyl halides is 1. The predicted octanol–water partition coefficient (Wildman–Crippen LogP) is 1.57. The lowest BCUT2D eigenvalue weighted by atomic mass is 10.1. The Morgan fingerprint density at radius 1 is 1.53 bits per heavy atom. The van der Waals surface area contributed by atoms with Gasteiger partial charge >= 0.3 is 0 Å². The molecule has 1 atom stereocenters. The van der Waals surface area contributed by atoms with Crippen LogP contribution in [0, 0.1) is 10.1 Å². The third-order valence-electron chi connectivity index (χ3n) is 2.08. The SMILES string of the molecule is CC(Br)Cc1ccc(S(N)(=O)=O)cc1[N+](=O)[O-]. The largest absolute Gasteiger partial charge is 0.273 e. The van der Waals surface area contributed by atoms with Crippen LogP contribution in [0.3, 0.4) is 0 Å². The summed E-state index contributed by atoms with van der Waals surface area (Å²) in [4.78, 5) is 10.0. The Bertz CT molecular complexity index is 542. The highest BCUT2D eigenvalue weighted by molar-refractivity contribution is 9.09. The average Bonchev–Trinajstić information content (AvgIpc) is 2.15. The highest BCUT2D eigenvalue weighted by atomic mass is 79.9. The van der Waals surface area contributed by atoms with Crippen LogP contribution in [0.5, 0.6) is 0 Å². The van der Waals surface area contributed by atoms with Gasteiger partial charge in [-0.2, -0.15) is 0 Å². The van der Waals surface area contributed by atoms with Crippen LogP contribution in [-0.4, -0.2) is 18.2 Å². The Morgan fingerprint density at radius 2 is 2.12 bits per heavy atom. The molecule has 6 nitrogen and oxygen atoms in total. The number of rotatable bonds is 4. The molecule has 8 heteroatoms. The molecule has 17 heavy (non-hydrogen) atoms. The summed E-state index contributed by atoms with van der Waals surface area (Å²) in [5, 5.41) is 15.8. The van der Waals surface area contributed by atoms with E-state index in [1.54, 1.807) is 0 Å². The molecule has 0 aliphatic carbocycles.